The van der Waals surface area contributed by atoms with Gasteiger partial charge in [0.2, 0.25) is 5.91 Å². The second kappa shape index (κ2) is 8.43. The Hall–Kier alpha value is -2.22. The second-order valence-electron chi connectivity index (χ2n) is 6.96. The third-order valence-corrected chi connectivity index (χ3v) is 6.17. The summed E-state index contributed by atoms with van der Waals surface area (Å²) in [6.45, 7) is 6.25. The Morgan fingerprint density at radius 2 is 2.04 bits per heavy atom. The molecule has 2 aromatic heterocycles. The molecule has 3 aromatic rings. The number of hydrogen-bond acceptors (Lipinski definition) is 5. The van der Waals surface area contributed by atoms with Crippen molar-refractivity contribution in [1.82, 2.24) is 20.6 Å². The van der Waals surface area contributed by atoms with Gasteiger partial charge < -0.3 is 15.6 Å². The van der Waals surface area contributed by atoms with Gasteiger partial charge in [-0.25, -0.2) is 4.98 Å². The van der Waals surface area contributed by atoms with Gasteiger partial charge in [-0.3, -0.25) is 9.59 Å². The summed E-state index contributed by atoms with van der Waals surface area (Å²) < 4.78 is 0. The Balaban J connectivity index is 0.00000225. The van der Waals surface area contributed by atoms with Crippen molar-refractivity contribution in [2.45, 2.75) is 46.3 Å². The molecule has 0 unspecified atom stereocenters. The van der Waals surface area contributed by atoms with E-state index in [4.69, 9.17) is 0 Å². The Labute approximate surface area is 173 Å². The summed E-state index contributed by atoms with van der Waals surface area (Å²) >= 11 is 1.52. The topological polar surface area (TPSA) is 86.9 Å². The normalized spacial score (nSPS) is 12.6. The highest BCUT2D eigenvalue weighted by Gasteiger charge is 2.13. The van der Waals surface area contributed by atoms with Crippen molar-refractivity contribution in [3.63, 3.8) is 0 Å². The molecule has 4 rings (SSSR count). The lowest BCUT2D eigenvalue weighted by Gasteiger charge is -2.07. The van der Waals surface area contributed by atoms with Crippen molar-refractivity contribution in [1.29, 1.82) is 0 Å². The molecule has 0 radical (unpaired) electrons. The van der Waals surface area contributed by atoms with Crippen LogP contribution in [0.25, 0.3) is 10.2 Å². The second-order valence-corrected chi connectivity index (χ2v) is 8.16. The lowest BCUT2D eigenvalue weighted by Crippen LogP contribution is -2.23. The first kappa shape index (κ1) is 20.5. The zero-order valence-corrected chi connectivity index (χ0v) is 17.5. The maximum Gasteiger partial charge on any atom is 0.259 e. The number of nitrogens with one attached hydrogen (secondary N) is 3. The molecule has 8 heteroatoms. The smallest absolute Gasteiger partial charge is 0.259 e. The molecule has 6 nitrogen and oxygen atoms in total. The van der Waals surface area contributed by atoms with Crippen molar-refractivity contribution in [3.05, 3.63) is 61.5 Å². The van der Waals surface area contributed by atoms with Crippen LogP contribution in [0, 0.1) is 13.8 Å². The predicted octanol–water partition coefficient (Wildman–Crippen LogP) is 2.88. The van der Waals surface area contributed by atoms with Crippen LogP contribution < -0.4 is 16.2 Å². The predicted molar refractivity (Wildman–Crippen MR) is 114 cm³/mol. The molecule has 3 heterocycles. The average molecular weight is 419 g/mol. The van der Waals surface area contributed by atoms with E-state index < -0.39 is 0 Å². The molecule has 1 aliphatic heterocycles. The zero-order valence-electron chi connectivity index (χ0n) is 15.8. The summed E-state index contributed by atoms with van der Waals surface area (Å²) in [5.41, 5.74) is 4.60. The minimum atomic E-state index is -0.121. The number of aryl methyl sites for hydroxylation is 3. The summed E-state index contributed by atoms with van der Waals surface area (Å²) in [5.74, 6) is 0.516. The number of carbonyl (C=O) groups excluding carboxylic acids is 1. The summed E-state index contributed by atoms with van der Waals surface area (Å²) in [5, 5.41) is 6.93. The number of aromatic nitrogens is 2. The number of hydrogen-bond donors (Lipinski definition) is 3. The number of thiophene rings is 1. The maximum atomic E-state index is 12.3. The van der Waals surface area contributed by atoms with E-state index in [0.29, 0.717) is 30.6 Å². The molecule has 148 valence electrons. The van der Waals surface area contributed by atoms with Gasteiger partial charge in [-0.1, -0.05) is 18.2 Å². The Morgan fingerprint density at radius 1 is 1.25 bits per heavy atom. The molecule has 1 amide bonds. The van der Waals surface area contributed by atoms with Gasteiger partial charge in [-0.15, -0.1) is 23.7 Å². The molecule has 0 saturated carbocycles. The average Bonchev–Trinajstić information content (AvgIpc) is 3.22. The van der Waals surface area contributed by atoms with Gasteiger partial charge in [-0.05, 0) is 36.1 Å². The van der Waals surface area contributed by atoms with E-state index in [-0.39, 0.29) is 23.9 Å². The number of benzene rings is 1. The van der Waals surface area contributed by atoms with E-state index in [9.17, 15) is 9.59 Å². The van der Waals surface area contributed by atoms with Crippen LogP contribution in [0.5, 0.6) is 0 Å². The lowest BCUT2D eigenvalue weighted by atomic mass is 10.1. The van der Waals surface area contributed by atoms with Crippen molar-refractivity contribution in [2.24, 2.45) is 0 Å². The Kier molecular flexibility index (Phi) is 6.17. The highest BCUT2D eigenvalue weighted by Crippen LogP contribution is 2.25. The first-order chi connectivity index (χ1) is 13.0. The molecule has 0 aliphatic carbocycles. The summed E-state index contributed by atoms with van der Waals surface area (Å²) in [6, 6.07) is 6.32. The fourth-order valence-electron chi connectivity index (χ4n) is 3.40. The summed E-state index contributed by atoms with van der Waals surface area (Å²) in [4.78, 5) is 33.7. The Morgan fingerprint density at radius 3 is 2.86 bits per heavy atom. The molecule has 1 aliphatic rings. The molecule has 0 saturated heterocycles. The van der Waals surface area contributed by atoms with E-state index in [1.54, 1.807) is 0 Å². The van der Waals surface area contributed by atoms with Crippen molar-refractivity contribution in [2.75, 3.05) is 0 Å². The van der Waals surface area contributed by atoms with E-state index in [0.717, 1.165) is 33.9 Å². The Bertz CT molecular complexity index is 1090. The van der Waals surface area contributed by atoms with Crippen LogP contribution >= 0.6 is 23.7 Å². The van der Waals surface area contributed by atoms with E-state index >= 15 is 0 Å². The van der Waals surface area contributed by atoms with Gasteiger partial charge in [0.05, 0.1) is 5.39 Å². The number of rotatable bonds is 5. The molecular weight excluding hydrogens is 396 g/mol. The minimum absolute atomic E-state index is 0. The molecule has 0 fully saturated rings. The van der Waals surface area contributed by atoms with Gasteiger partial charge >= 0.3 is 0 Å². The maximum absolute atomic E-state index is 12.3. The zero-order chi connectivity index (χ0) is 19.0. The molecule has 1 aromatic carbocycles. The quantitative estimate of drug-likeness (QED) is 0.594. The van der Waals surface area contributed by atoms with Gasteiger partial charge in [0.1, 0.15) is 10.7 Å². The standard InChI is InChI=1S/C20H22N4O2S.ClH/c1-11-12(2)27-20-18(11)19(26)23-16(24-20)5-6-17(25)22-8-13-3-4-14-9-21-10-15(14)7-13;/h3-4,7,21H,5-6,8-10H2,1-2H3,(H,22,25)(H,23,24,26);1H. The van der Waals surface area contributed by atoms with Crippen LogP contribution in [0.3, 0.4) is 0 Å². The van der Waals surface area contributed by atoms with Crippen LogP contribution in [-0.2, 0) is 30.8 Å². The highest BCUT2D eigenvalue weighted by atomic mass is 35.5. The largest absolute Gasteiger partial charge is 0.352 e. The van der Waals surface area contributed by atoms with Crippen molar-refractivity contribution < 1.29 is 4.79 Å². The molecule has 0 bridgehead atoms. The summed E-state index contributed by atoms with van der Waals surface area (Å²) in [6.07, 6.45) is 0.714. The SMILES string of the molecule is Cc1sc2nc(CCC(=O)NCc3ccc4c(c3)CNC4)[nH]c(=O)c2c1C.Cl. The van der Waals surface area contributed by atoms with Crippen LogP contribution in [0.4, 0.5) is 0 Å². The fourth-order valence-corrected chi connectivity index (χ4v) is 4.45. The first-order valence-corrected chi connectivity index (χ1v) is 9.90. The number of carbonyl (C=O) groups is 1. The van der Waals surface area contributed by atoms with E-state index in [2.05, 4.69) is 38.8 Å². The molecular formula is C20H23ClN4O2S. The third-order valence-electron chi connectivity index (χ3n) is 5.07. The lowest BCUT2D eigenvalue weighted by molar-refractivity contribution is -0.121. The highest BCUT2D eigenvalue weighted by molar-refractivity contribution is 7.18. The molecule has 28 heavy (non-hydrogen) atoms. The van der Waals surface area contributed by atoms with E-state index in [1.807, 2.05) is 13.8 Å². The minimum Gasteiger partial charge on any atom is -0.352 e. The third kappa shape index (κ3) is 4.11. The van der Waals surface area contributed by atoms with Crippen LogP contribution in [0.2, 0.25) is 0 Å². The van der Waals surface area contributed by atoms with Crippen LogP contribution in [0.1, 0.15) is 39.4 Å². The van der Waals surface area contributed by atoms with Gasteiger partial charge in [0.25, 0.3) is 5.56 Å². The molecule has 0 spiro atoms. The number of fused-ring (bicyclic) bond motifs is 2. The van der Waals surface area contributed by atoms with Gasteiger partial charge in [-0.2, -0.15) is 0 Å². The van der Waals surface area contributed by atoms with Gasteiger partial charge in [0.15, 0.2) is 0 Å². The monoisotopic (exact) mass is 418 g/mol. The fraction of sp³-hybridized carbons (Fsp3) is 0.350. The summed E-state index contributed by atoms with van der Waals surface area (Å²) in [7, 11) is 0. The number of halogens is 1. The van der Waals surface area contributed by atoms with Gasteiger partial charge in [0, 0.05) is 37.4 Å². The number of H-pyrrole nitrogens is 1. The van der Waals surface area contributed by atoms with E-state index in [1.165, 1.54) is 22.5 Å². The van der Waals surface area contributed by atoms with Crippen LogP contribution in [-0.4, -0.2) is 15.9 Å². The van der Waals surface area contributed by atoms with Crippen LogP contribution in [0.15, 0.2) is 23.0 Å². The van der Waals surface area contributed by atoms with Crippen molar-refractivity contribution in [3.8, 4) is 0 Å². The molecule has 0 atom stereocenters. The number of amides is 1. The first-order valence-electron chi connectivity index (χ1n) is 9.08. The number of nitrogens with zero attached hydrogens (tertiary/aromatic N) is 1. The van der Waals surface area contributed by atoms with Crippen molar-refractivity contribution >= 4 is 39.9 Å². The number of aromatic amines is 1. The molecule has 3 N–H and O–H groups in total.